The van der Waals surface area contributed by atoms with Crippen molar-refractivity contribution in [3.05, 3.63) is 28.4 Å². The summed E-state index contributed by atoms with van der Waals surface area (Å²) in [4.78, 5) is 16.0. The lowest BCUT2D eigenvalue weighted by Crippen LogP contribution is -2.29. The van der Waals surface area contributed by atoms with Crippen LogP contribution < -0.4 is 10.6 Å². The Bertz CT molecular complexity index is 404. The van der Waals surface area contributed by atoms with Gasteiger partial charge in [-0.1, -0.05) is 0 Å². The molecule has 2 rings (SSSR count). The highest BCUT2D eigenvalue weighted by Gasteiger charge is 2.26. The third-order valence-electron chi connectivity index (χ3n) is 3.25. The quantitative estimate of drug-likeness (QED) is 0.628. The maximum absolute atomic E-state index is 10.5. The van der Waals surface area contributed by atoms with Gasteiger partial charge in [0.05, 0.1) is 5.69 Å². The van der Waals surface area contributed by atoms with E-state index in [0.29, 0.717) is 5.92 Å². The molecule has 0 saturated carbocycles. The van der Waals surface area contributed by atoms with Gasteiger partial charge >= 0.3 is 5.82 Å². The molecule has 1 saturated heterocycles. The topological polar surface area (TPSA) is 85.3 Å². The average molecular weight is 236 g/mol. The first-order valence-corrected chi connectivity index (χ1v) is 5.69. The molecule has 1 aromatic rings. The standard InChI is InChI=1S/C11H16N4O2/c1-8(12)9-4-5-14(7-9)10-2-3-11(13-6-10)15(16)17/h2-3,6,8-9H,4-5,7,12H2,1H3. The van der Waals surface area contributed by atoms with Crippen molar-refractivity contribution in [1.82, 2.24) is 4.98 Å². The fourth-order valence-corrected chi connectivity index (χ4v) is 2.12. The van der Waals surface area contributed by atoms with Gasteiger partial charge in [-0.05, 0) is 35.2 Å². The first-order chi connectivity index (χ1) is 8.08. The second-order valence-electron chi connectivity index (χ2n) is 4.49. The van der Waals surface area contributed by atoms with E-state index in [-0.39, 0.29) is 11.9 Å². The van der Waals surface area contributed by atoms with Crippen LogP contribution in [0, 0.1) is 16.0 Å². The molecule has 17 heavy (non-hydrogen) atoms. The van der Waals surface area contributed by atoms with E-state index < -0.39 is 4.92 Å². The summed E-state index contributed by atoms with van der Waals surface area (Å²) in [6.45, 7) is 3.85. The van der Waals surface area contributed by atoms with Crippen molar-refractivity contribution < 1.29 is 4.92 Å². The van der Waals surface area contributed by atoms with E-state index in [1.54, 1.807) is 12.3 Å². The molecule has 6 nitrogen and oxygen atoms in total. The summed E-state index contributed by atoms with van der Waals surface area (Å²) < 4.78 is 0. The number of hydrogen-bond acceptors (Lipinski definition) is 5. The Morgan fingerprint density at radius 3 is 2.88 bits per heavy atom. The molecule has 92 valence electrons. The Labute approximate surface area is 99.6 Å². The fraction of sp³-hybridized carbons (Fsp3) is 0.545. The number of nitrogens with zero attached hydrogens (tertiary/aromatic N) is 3. The van der Waals surface area contributed by atoms with E-state index >= 15 is 0 Å². The first kappa shape index (κ1) is 11.8. The minimum Gasteiger partial charge on any atom is -0.368 e. The van der Waals surface area contributed by atoms with Crippen LogP contribution in [0.4, 0.5) is 11.5 Å². The Hall–Kier alpha value is -1.69. The Kier molecular flexibility index (Phi) is 3.23. The highest BCUT2D eigenvalue weighted by Crippen LogP contribution is 2.25. The Morgan fingerprint density at radius 1 is 1.65 bits per heavy atom. The van der Waals surface area contributed by atoms with Crippen LogP contribution in [-0.2, 0) is 0 Å². The largest absolute Gasteiger partial charge is 0.368 e. The molecular weight excluding hydrogens is 220 g/mol. The van der Waals surface area contributed by atoms with Crippen LogP contribution in [0.2, 0.25) is 0 Å². The minimum atomic E-state index is -0.488. The van der Waals surface area contributed by atoms with Gasteiger partial charge in [-0.2, -0.15) is 0 Å². The number of aromatic nitrogens is 1. The summed E-state index contributed by atoms with van der Waals surface area (Å²) in [5.74, 6) is 0.377. The molecule has 2 N–H and O–H groups in total. The van der Waals surface area contributed by atoms with E-state index in [1.165, 1.54) is 6.07 Å². The smallest absolute Gasteiger partial charge is 0.363 e. The molecule has 0 bridgehead atoms. The monoisotopic (exact) mass is 236 g/mol. The zero-order valence-corrected chi connectivity index (χ0v) is 9.74. The maximum atomic E-state index is 10.5. The molecule has 0 spiro atoms. The van der Waals surface area contributed by atoms with Crippen LogP contribution in [-0.4, -0.2) is 29.0 Å². The van der Waals surface area contributed by atoms with Gasteiger partial charge in [0.15, 0.2) is 6.20 Å². The van der Waals surface area contributed by atoms with Crippen LogP contribution in [0.5, 0.6) is 0 Å². The highest BCUT2D eigenvalue weighted by molar-refractivity contribution is 5.47. The van der Waals surface area contributed by atoms with Crippen LogP contribution >= 0.6 is 0 Å². The van der Waals surface area contributed by atoms with E-state index in [4.69, 9.17) is 5.73 Å². The molecule has 1 aliphatic rings. The summed E-state index contributed by atoms with van der Waals surface area (Å²) in [5, 5.41) is 10.5. The number of hydrogen-bond donors (Lipinski definition) is 1. The number of nitro groups is 1. The van der Waals surface area contributed by atoms with Crippen molar-refractivity contribution in [1.29, 1.82) is 0 Å². The molecule has 2 heterocycles. The van der Waals surface area contributed by atoms with Crippen LogP contribution in [0.3, 0.4) is 0 Å². The Morgan fingerprint density at radius 2 is 2.41 bits per heavy atom. The van der Waals surface area contributed by atoms with E-state index in [2.05, 4.69) is 9.88 Å². The molecule has 0 amide bonds. The average Bonchev–Trinajstić information content (AvgIpc) is 2.78. The molecule has 1 fully saturated rings. The molecule has 2 unspecified atom stereocenters. The van der Waals surface area contributed by atoms with Gasteiger partial charge in [-0.25, -0.2) is 0 Å². The zero-order valence-electron chi connectivity index (χ0n) is 9.74. The van der Waals surface area contributed by atoms with Crippen LogP contribution in [0.25, 0.3) is 0 Å². The van der Waals surface area contributed by atoms with Crippen molar-refractivity contribution >= 4 is 11.5 Å². The van der Waals surface area contributed by atoms with E-state index in [9.17, 15) is 10.1 Å². The predicted octanol–water partition coefficient (Wildman–Crippen LogP) is 1.16. The van der Waals surface area contributed by atoms with Gasteiger partial charge in [0, 0.05) is 25.2 Å². The summed E-state index contributed by atoms with van der Waals surface area (Å²) >= 11 is 0. The normalized spacial score (nSPS) is 21.5. The first-order valence-electron chi connectivity index (χ1n) is 5.69. The second-order valence-corrected chi connectivity index (χ2v) is 4.49. The molecule has 0 aliphatic carbocycles. The van der Waals surface area contributed by atoms with Crippen molar-refractivity contribution in [2.24, 2.45) is 11.7 Å². The van der Waals surface area contributed by atoms with Gasteiger partial charge in [-0.3, -0.25) is 0 Å². The lowest BCUT2D eigenvalue weighted by Gasteiger charge is -2.18. The third-order valence-corrected chi connectivity index (χ3v) is 3.25. The Balaban J connectivity index is 2.06. The molecule has 0 aromatic carbocycles. The van der Waals surface area contributed by atoms with Crippen molar-refractivity contribution in [2.45, 2.75) is 19.4 Å². The van der Waals surface area contributed by atoms with Gasteiger partial charge < -0.3 is 20.7 Å². The van der Waals surface area contributed by atoms with Gasteiger partial charge in [-0.15, -0.1) is 0 Å². The van der Waals surface area contributed by atoms with Gasteiger partial charge in [0.25, 0.3) is 0 Å². The number of anilines is 1. The predicted molar refractivity (Wildman–Crippen MR) is 64.9 cm³/mol. The zero-order chi connectivity index (χ0) is 12.4. The van der Waals surface area contributed by atoms with Crippen LogP contribution in [0.1, 0.15) is 13.3 Å². The number of pyridine rings is 1. The lowest BCUT2D eigenvalue weighted by molar-refractivity contribution is -0.389. The summed E-state index contributed by atoms with van der Waals surface area (Å²) in [7, 11) is 0. The molecule has 6 heteroatoms. The number of nitrogens with two attached hydrogens (primary N) is 1. The second kappa shape index (κ2) is 4.67. The summed E-state index contributed by atoms with van der Waals surface area (Å²) in [5.41, 5.74) is 6.80. The molecule has 2 atom stereocenters. The van der Waals surface area contributed by atoms with Gasteiger partial charge in [0.1, 0.15) is 0 Å². The fourth-order valence-electron chi connectivity index (χ4n) is 2.12. The van der Waals surface area contributed by atoms with Gasteiger partial charge in [0.2, 0.25) is 0 Å². The molecule has 1 aromatic heterocycles. The van der Waals surface area contributed by atoms with E-state index in [1.807, 2.05) is 6.92 Å². The molecular formula is C11H16N4O2. The maximum Gasteiger partial charge on any atom is 0.363 e. The SMILES string of the molecule is CC(N)C1CCN(c2ccc([N+](=O)[O-])nc2)C1. The highest BCUT2D eigenvalue weighted by atomic mass is 16.6. The minimum absolute atomic E-state index is 0.114. The van der Waals surface area contributed by atoms with E-state index in [0.717, 1.165) is 25.2 Å². The molecule has 0 radical (unpaired) electrons. The van der Waals surface area contributed by atoms with Crippen molar-refractivity contribution in [3.8, 4) is 0 Å². The van der Waals surface area contributed by atoms with Crippen LogP contribution in [0.15, 0.2) is 18.3 Å². The number of rotatable bonds is 3. The molecule has 1 aliphatic heterocycles. The summed E-state index contributed by atoms with van der Waals surface area (Å²) in [6.07, 6.45) is 2.62. The third kappa shape index (κ3) is 2.52. The summed E-state index contributed by atoms with van der Waals surface area (Å²) in [6, 6.07) is 3.37. The lowest BCUT2D eigenvalue weighted by atomic mass is 10.0. The van der Waals surface area contributed by atoms with Crippen molar-refractivity contribution in [3.63, 3.8) is 0 Å². The van der Waals surface area contributed by atoms with Crippen molar-refractivity contribution in [2.75, 3.05) is 18.0 Å².